The number of rotatable bonds is 3. The van der Waals surface area contributed by atoms with Gasteiger partial charge < -0.3 is 10.1 Å². The molecule has 2 aliphatic rings. The number of nitrogens with one attached hydrogen (secondary N) is 1. The summed E-state index contributed by atoms with van der Waals surface area (Å²) in [7, 11) is 1.59. The number of amides is 3. The number of ether oxygens (including phenoxy) is 1. The van der Waals surface area contributed by atoms with Gasteiger partial charge in [0.05, 0.1) is 13.7 Å². The molecule has 7 heteroatoms. The van der Waals surface area contributed by atoms with E-state index in [2.05, 4.69) is 10.3 Å². The maximum Gasteiger partial charge on any atom is 0.325 e. The quantitative estimate of drug-likeness (QED) is 0.869. The van der Waals surface area contributed by atoms with Crippen molar-refractivity contribution in [3.8, 4) is 5.75 Å². The largest absolute Gasteiger partial charge is 0.497 e. The summed E-state index contributed by atoms with van der Waals surface area (Å²) in [5.41, 5.74) is 1.86. The number of imide groups is 1. The lowest BCUT2D eigenvalue weighted by molar-refractivity contribution is -0.132. The van der Waals surface area contributed by atoms with Crippen molar-refractivity contribution in [3.63, 3.8) is 0 Å². The molecule has 1 atom stereocenters. The van der Waals surface area contributed by atoms with Crippen molar-refractivity contribution < 1.29 is 14.3 Å². The van der Waals surface area contributed by atoms with Crippen LogP contribution in [0.1, 0.15) is 28.2 Å². The van der Waals surface area contributed by atoms with Crippen molar-refractivity contribution in [1.82, 2.24) is 15.2 Å². The maximum atomic E-state index is 13.1. The van der Waals surface area contributed by atoms with E-state index in [-0.39, 0.29) is 18.5 Å². The zero-order valence-corrected chi connectivity index (χ0v) is 14.3. The van der Waals surface area contributed by atoms with Crippen molar-refractivity contribution in [2.75, 3.05) is 7.11 Å². The second kappa shape index (κ2) is 5.31. The molecule has 2 aromatic rings. The predicted octanol–water partition coefficient (Wildman–Crippen LogP) is 2.35. The van der Waals surface area contributed by atoms with Gasteiger partial charge in [-0.25, -0.2) is 9.78 Å². The second-order valence-electron chi connectivity index (χ2n) is 6.13. The van der Waals surface area contributed by atoms with E-state index in [0.29, 0.717) is 12.2 Å². The molecular weight excluding hydrogens is 326 g/mol. The first-order valence-electron chi connectivity index (χ1n) is 7.76. The lowest BCUT2D eigenvalue weighted by Gasteiger charge is -2.22. The molecule has 6 nitrogen and oxygen atoms in total. The summed E-state index contributed by atoms with van der Waals surface area (Å²) >= 11 is 1.46. The monoisotopic (exact) mass is 343 g/mol. The van der Waals surface area contributed by atoms with Crippen LogP contribution >= 0.6 is 11.3 Å². The Morgan fingerprint density at radius 1 is 1.42 bits per heavy atom. The predicted molar refractivity (Wildman–Crippen MR) is 88.9 cm³/mol. The standard InChI is InChI=1S/C17H17N3O3S/c1-10-9-24-14(18-10)8-20-15(21)17(19-16(20)22)6-5-11-3-4-12(23-2)7-13(11)17/h3-4,7,9H,5-6,8H2,1-2H3,(H,19,22)/t17-/m0/s1. The molecule has 1 aromatic carbocycles. The number of carbonyl (C=O) groups is 2. The lowest BCUT2D eigenvalue weighted by Crippen LogP contribution is -2.41. The fourth-order valence-electron chi connectivity index (χ4n) is 3.49. The maximum absolute atomic E-state index is 13.1. The van der Waals surface area contributed by atoms with Crippen LogP contribution in [-0.2, 0) is 23.3 Å². The summed E-state index contributed by atoms with van der Waals surface area (Å²) in [4.78, 5) is 31.2. The SMILES string of the molecule is COc1ccc2c(c1)[C@]1(CC2)NC(=O)N(Cc2nc(C)cs2)C1=O. The van der Waals surface area contributed by atoms with Gasteiger partial charge in [-0.3, -0.25) is 9.69 Å². The highest BCUT2D eigenvalue weighted by molar-refractivity contribution is 7.09. The summed E-state index contributed by atoms with van der Waals surface area (Å²) in [5.74, 6) is 0.485. The molecule has 1 spiro atoms. The van der Waals surface area contributed by atoms with Crippen LogP contribution < -0.4 is 10.1 Å². The number of benzene rings is 1. The van der Waals surface area contributed by atoms with Gasteiger partial charge in [0.25, 0.3) is 5.91 Å². The Bertz CT molecular complexity index is 847. The van der Waals surface area contributed by atoms with E-state index in [1.54, 1.807) is 7.11 Å². The van der Waals surface area contributed by atoms with Crippen molar-refractivity contribution in [1.29, 1.82) is 0 Å². The third-order valence-corrected chi connectivity index (χ3v) is 5.63. The summed E-state index contributed by atoms with van der Waals surface area (Å²) in [6.07, 6.45) is 1.34. The first-order valence-corrected chi connectivity index (χ1v) is 8.64. The van der Waals surface area contributed by atoms with E-state index in [1.807, 2.05) is 30.5 Å². The first-order chi connectivity index (χ1) is 11.5. The Balaban J connectivity index is 1.69. The number of urea groups is 1. The van der Waals surface area contributed by atoms with E-state index < -0.39 is 5.54 Å². The van der Waals surface area contributed by atoms with Crippen LogP contribution in [0, 0.1) is 6.92 Å². The van der Waals surface area contributed by atoms with E-state index in [9.17, 15) is 9.59 Å². The van der Waals surface area contributed by atoms with Crippen LogP contribution in [0.4, 0.5) is 4.79 Å². The molecular formula is C17H17N3O3S. The first kappa shape index (κ1) is 15.1. The number of hydrogen-bond acceptors (Lipinski definition) is 5. The van der Waals surface area contributed by atoms with Gasteiger partial charge in [-0.1, -0.05) is 6.07 Å². The molecule has 24 heavy (non-hydrogen) atoms. The summed E-state index contributed by atoms with van der Waals surface area (Å²) in [6.45, 7) is 2.11. The summed E-state index contributed by atoms with van der Waals surface area (Å²) < 4.78 is 5.28. The summed E-state index contributed by atoms with van der Waals surface area (Å²) in [5, 5.41) is 5.60. The Labute approximate surface area is 143 Å². The normalized spacial score (nSPS) is 22.2. The number of aromatic nitrogens is 1. The van der Waals surface area contributed by atoms with Gasteiger partial charge in [-0.05, 0) is 43.0 Å². The topological polar surface area (TPSA) is 71.5 Å². The minimum atomic E-state index is -0.965. The Morgan fingerprint density at radius 2 is 2.25 bits per heavy atom. The second-order valence-corrected chi connectivity index (χ2v) is 7.08. The van der Waals surface area contributed by atoms with Gasteiger partial charge in [-0.2, -0.15) is 0 Å². The van der Waals surface area contributed by atoms with Gasteiger partial charge in [0.15, 0.2) is 0 Å². The van der Waals surface area contributed by atoms with Gasteiger partial charge in [0.1, 0.15) is 16.3 Å². The number of nitrogens with zero attached hydrogens (tertiary/aromatic N) is 2. The molecule has 0 radical (unpaired) electrons. The Morgan fingerprint density at radius 3 is 2.96 bits per heavy atom. The molecule has 124 valence electrons. The molecule has 4 rings (SSSR count). The highest BCUT2D eigenvalue weighted by Crippen LogP contribution is 2.43. The number of methoxy groups -OCH3 is 1. The molecule has 0 unspecified atom stereocenters. The minimum absolute atomic E-state index is 0.202. The molecule has 0 bridgehead atoms. The van der Waals surface area contributed by atoms with Crippen LogP contribution in [0.3, 0.4) is 0 Å². The van der Waals surface area contributed by atoms with Crippen molar-refractivity contribution in [2.24, 2.45) is 0 Å². The molecule has 3 amide bonds. The lowest BCUT2D eigenvalue weighted by atomic mass is 9.91. The zero-order valence-electron chi connectivity index (χ0n) is 13.5. The Hall–Kier alpha value is -2.41. The molecule has 2 heterocycles. The van der Waals surface area contributed by atoms with Gasteiger partial charge >= 0.3 is 6.03 Å². The van der Waals surface area contributed by atoms with Gasteiger partial charge in [-0.15, -0.1) is 11.3 Å². The number of fused-ring (bicyclic) bond motifs is 2. The number of carbonyl (C=O) groups excluding carboxylic acids is 2. The number of thiazole rings is 1. The van der Waals surface area contributed by atoms with E-state index in [4.69, 9.17) is 4.74 Å². The molecule has 1 N–H and O–H groups in total. The van der Waals surface area contributed by atoms with Gasteiger partial charge in [0, 0.05) is 11.1 Å². The smallest absolute Gasteiger partial charge is 0.325 e. The van der Waals surface area contributed by atoms with Crippen molar-refractivity contribution in [2.45, 2.75) is 31.8 Å². The van der Waals surface area contributed by atoms with Crippen molar-refractivity contribution in [3.05, 3.63) is 45.4 Å². The van der Waals surface area contributed by atoms with E-state index >= 15 is 0 Å². The Kier molecular flexibility index (Phi) is 3.35. The molecule has 0 saturated carbocycles. The fraction of sp³-hybridized carbons (Fsp3) is 0.353. The molecule has 1 saturated heterocycles. The van der Waals surface area contributed by atoms with Crippen LogP contribution in [0.15, 0.2) is 23.6 Å². The average molecular weight is 343 g/mol. The van der Waals surface area contributed by atoms with E-state index in [0.717, 1.165) is 28.2 Å². The van der Waals surface area contributed by atoms with Crippen LogP contribution in [0.25, 0.3) is 0 Å². The highest BCUT2D eigenvalue weighted by Gasteiger charge is 2.55. The molecule has 1 fully saturated rings. The third-order valence-electron chi connectivity index (χ3n) is 4.68. The average Bonchev–Trinajstić information content (AvgIpc) is 3.22. The third kappa shape index (κ3) is 2.11. The minimum Gasteiger partial charge on any atom is -0.497 e. The molecule has 1 aliphatic heterocycles. The van der Waals surface area contributed by atoms with Crippen LogP contribution in [-0.4, -0.2) is 28.9 Å². The molecule has 1 aliphatic carbocycles. The van der Waals surface area contributed by atoms with Crippen LogP contribution in [0.2, 0.25) is 0 Å². The van der Waals surface area contributed by atoms with E-state index in [1.165, 1.54) is 16.2 Å². The fourth-order valence-corrected chi connectivity index (χ4v) is 4.25. The van der Waals surface area contributed by atoms with Crippen LogP contribution in [0.5, 0.6) is 5.75 Å². The van der Waals surface area contributed by atoms with Crippen molar-refractivity contribution >= 4 is 23.3 Å². The zero-order chi connectivity index (χ0) is 16.9. The molecule has 1 aromatic heterocycles. The van der Waals surface area contributed by atoms with Gasteiger partial charge in [0.2, 0.25) is 0 Å². The number of aryl methyl sites for hydroxylation is 2. The summed E-state index contributed by atoms with van der Waals surface area (Å²) in [6, 6.07) is 5.35. The highest BCUT2D eigenvalue weighted by atomic mass is 32.1. The number of hydrogen-bond donors (Lipinski definition) is 1.